The summed E-state index contributed by atoms with van der Waals surface area (Å²) in [5.74, 6) is 0.0452. The Morgan fingerprint density at radius 1 is 1.29 bits per heavy atom. The molecule has 2 aliphatic rings. The molecule has 1 unspecified atom stereocenters. The van der Waals surface area contributed by atoms with Gasteiger partial charge in [-0.05, 0) is 25.5 Å². The normalized spacial score (nSPS) is 22.7. The van der Waals surface area contributed by atoms with Gasteiger partial charge in [0.15, 0.2) is 0 Å². The standard InChI is InChI=1S/C16H23N3O2/c1-12-2-3-15(18-8-5-17-6-9-18)14(10-12)16(21)19-7-4-13(20)11-19/h2-3,10,13,17,20H,4-9,11H2,1H3. The highest BCUT2D eigenvalue weighted by Crippen LogP contribution is 2.25. The van der Waals surface area contributed by atoms with Crippen molar-refractivity contribution in [3.63, 3.8) is 0 Å². The van der Waals surface area contributed by atoms with Crippen LogP contribution in [0.4, 0.5) is 5.69 Å². The van der Waals surface area contributed by atoms with Crippen molar-refractivity contribution in [1.29, 1.82) is 0 Å². The van der Waals surface area contributed by atoms with Gasteiger partial charge in [-0.25, -0.2) is 0 Å². The molecule has 0 spiro atoms. The van der Waals surface area contributed by atoms with E-state index in [1.165, 1.54) is 0 Å². The van der Waals surface area contributed by atoms with E-state index in [1.807, 2.05) is 13.0 Å². The molecule has 0 aliphatic carbocycles. The number of aliphatic hydroxyl groups is 1. The number of benzene rings is 1. The minimum Gasteiger partial charge on any atom is -0.391 e. The van der Waals surface area contributed by atoms with Crippen LogP contribution >= 0.6 is 0 Å². The number of rotatable bonds is 2. The number of hydrogen-bond donors (Lipinski definition) is 2. The van der Waals surface area contributed by atoms with E-state index in [9.17, 15) is 9.90 Å². The second-order valence-corrected chi connectivity index (χ2v) is 5.95. The number of anilines is 1. The van der Waals surface area contributed by atoms with Crippen LogP contribution in [0.1, 0.15) is 22.3 Å². The van der Waals surface area contributed by atoms with E-state index in [4.69, 9.17) is 0 Å². The van der Waals surface area contributed by atoms with Gasteiger partial charge in [0, 0.05) is 45.0 Å². The molecule has 2 heterocycles. The fourth-order valence-electron chi connectivity index (χ4n) is 3.10. The Morgan fingerprint density at radius 2 is 2.05 bits per heavy atom. The van der Waals surface area contributed by atoms with Gasteiger partial charge in [0.05, 0.1) is 11.7 Å². The van der Waals surface area contributed by atoms with Crippen LogP contribution in [-0.2, 0) is 0 Å². The summed E-state index contributed by atoms with van der Waals surface area (Å²) in [6.45, 7) is 6.85. The van der Waals surface area contributed by atoms with Crippen molar-refractivity contribution < 1.29 is 9.90 Å². The van der Waals surface area contributed by atoms with Crippen molar-refractivity contribution >= 4 is 11.6 Å². The Kier molecular flexibility index (Phi) is 4.12. The molecular weight excluding hydrogens is 266 g/mol. The first-order valence-corrected chi connectivity index (χ1v) is 7.69. The number of amides is 1. The van der Waals surface area contributed by atoms with Gasteiger partial charge in [0.25, 0.3) is 5.91 Å². The molecular formula is C16H23N3O2. The third-order valence-electron chi connectivity index (χ3n) is 4.29. The summed E-state index contributed by atoms with van der Waals surface area (Å²) in [4.78, 5) is 16.8. The first-order valence-electron chi connectivity index (χ1n) is 7.69. The van der Waals surface area contributed by atoms with E-state index in [-0.39, 0.29) is 12.0 Å². The van der Waals surface area contributed by atoms with Crippen LogP contribution in [0.5, 0.6) is 0 Å². The number of carbonyl (C=O) groups excluding carboxylic acids is 1. The van der Waals surface area contributed by atoms with Gasteiger partial charge in [0.2, 0.25) is 0 Å². The van der Waals surface area contributed by atoms with Crippen LogP contribution < -0.4 is 10.2 Å². The number of β-amino-alcohol motifs (C(OH)–C–C–N with tert-alkyl or cyclic N) is 1. The number of aliphatic hydroxyl groups excluding tert-OH is 1. The van der Waals surface area contributed by atoms with E-state index >= 15 is 0 Å². The first-order chi connectivity index (χ1) is 10.1. The first kappa shape index (κ1) is 14.4. The van der Waals surface area contributed by atoms with Crippen molar-refractivity contribution in [3.8, 4) is 0 Å². The zero-order chi connectivity index (χ0) is 14.8. The van der Waals surface area contributed by atoms with Gasteiger partial charge < -0.3 is 20.2 Å². The zero-order valence-electron chi connectivity index (χ0n) is 12.5. The Hall–Kier alpha value is -1.59. The lowest BCUT2D eigenvalue weighted by Crippen LogP contribution is -2.44. The van der Waals surface area contributed by atoms with Crippen LogP contribution in [0, 0.1) is 6.92 Å². The highest BCUT2D eigenvalue weighted by Gasteiger charge is 2.28. The molecule has 1 atom stereocenters. The number of aryl methyl sites for hydroxylation is 1. The molecule has 5 nitrogen and oxygen atoms in total. The Bertz CT molecular complexity index is 526. The number of carbonyl (C=O) groups is 1. The van der Waals surface area contributed by atoms with Gasteiger partial charge in [-0.15, -0.1) is 0 Å². The number of nitrogens with one attached hydrogen (secondary N) is 1. The molecule has 114 valence electrons. The van der Waals surface area contributed by atoms with Gasteiger partial charge >= 0.3 is 0 Å². The molecule has 2 N–H and O–H groups in total. The molecule has 0 radical (unpaired) electrons. The molecule has 1 aromatic rings. The second kappa shape index (κ2) is 6.03. The fourth-order valence-corrected chi connectivity index (χ4v) is 3.10. The van der Waals surface area contributed by atoms with Crippen molar-refractivity contribution in [2.24, 2.45) is 0 Å². The topological polar surface area (TPSA) is 55.8 Å². The molecule has 1 aromatic carbocycles. The molecule has 0 bridgehead atoms. The summed E-state index contributed by atoms with van der Waals surface area (Å²) in [5.41, 5.74) is 2.89. The van der Waals surface area contributed by atoms with Crippen molar-refractivity contribution in [1.82, 2.24) is 10.2 Å². The molecule has 1 amide bonds. The lowest BCUT2D eigenvalue weighted by atomic mass is 10.1. The molecule has 2 saturated heterocycles. The molecule has 3 rings (SSSR count). The van der Waals surface area contributed by atoms with Crippen LogP contribution in [0.25, 0.3) is 0 Å². The summed E-state index contributed by atoms with van der Waals surface area (Å²) in [7, 11) is 0. The average molecular weight is 289 g/mol. The highest BCUT2D eigenvalue weighted by molar-refractivity contribution is 6.00. The number of piperazine rings is 1. The van der Waals surface area contributed by atoms with Crippen LogP contribution in [0.2, 0.25) is 0 Å². The van der Waals surface area contributed by atoms with Crippen LogP contribution in [-0.4, -0.2) is 61.3 Å². The molecule has 21 heavy (non-hydrogen) atoms. The van der Waals surface area contributed by atoms with Gasteiger partial charge in [-0.3, -0.25) is 4.79 Å². The van der Waals surface area contributed by atoms with Crippen molar-refractivity contribution in [3.05, 3.63) is 29.3 Å². The maximum Gasteiger partial charge on any atom is 0.256 e. The summed E-state index contributed by atoms with van der Waals surface area (Å²) >= 11 is 0. The SMILES string of the molecule is Cc1ccc(N2CCNCC2)c(C(=O)N2CCC(O)C2)c1. The third kappa shape index (κ3) is 3.04. The minimum atomic E-state index is -0.374. The maximum absolute atomic E-state index is 12.8. The molecule has 0 aromatic heterocycles. The Morgan fingerprint density at radius 3 is 2.71 bits per heavy atom. The predicted molar refractivity (Wildman–Crippen MR) is 82.8 cm³/mol. The second-order valence-electron chi connectivity index (χ2n) is 5.95. The van der Waals surface area contributed by atoms with E-state index in [0.717, 1.165) is 43.0 Å². The Balaban J connectivity index is 1.88. The fraction of sp³-hybridized carbons (Fsp3) is 0.562. The van der Waals surface area contributed by atoms with Gasteiger partial charge in [-0.1, -0.05) is 11.6 Å². The quantitative estimate of drug-likeness (QED) is 0.838. The van der Waals surface area contributed by atoms with Crippen molar-refractivity contribution in [2.45, 2.75) is 19.4 Å². The van der Waals surface area contributed by atoms with E-state index in [2.05, 4.69) is 22.3 Å². The van der Waals surface area contributed by atoms with Crippen LogP contribution in [0.15, 0.2) is 18.2 Å². The maximum atomic E-state index is 12.8. The smallest absolute Gasteiger partial charge is 0.256 e. The largest absolute Gasteiger partial charge is 0.391 e. The Labute approximate surface area is 125 Å². The zero-order valence-corrected chi connectivity index (χ0v) is 12.5. The van der Waals surface area contributed by atoms with Gasteiger partial charge in [-0.2, -0.15) is 0 Å². The summed E-state index contributed by atoms with van der Waals surface area (Å²) < 4.78 is 0. The summed E-state index contributed by atoms with van der Waals surface area (Å²) in [5, 5.41) is 13.0. The van der Waals surface area contributed by atoms with E-state index in [0.29, 0.717) is 19.5 Å². The van der Waals surface area contributed by atoms with E-state index in [1.54, 1.807) is 4.90 Å². The predicted octanol–water partition coefficient (Wildman–Crippen LogP) is 0.611. The number of hydrogen-bond acceptors (Lipinski definition) is 4. The van der Waals surface area contributed by atoms with Gasteiger partial charge in [0.1, 0.15) is 0 Å². The highest BCUT2D eigenvalue weighted by atomic mass is 16.3. The lowest BCUT2D eigenvalue weighted by Gasteiger charge is -2.31. The summed E-state index contributed by atoms with van der Waals surface area (Å²) in [6, 6.07) is 6.10. The average Bonchev–Trinajstić information content (AvgIpc) is 2.94. The third-order valence-corrected chi connectivity index (χ3v) is 4.29. The van der Waals surface area contributed by atoms with Crippen LogP contribution in [0.3, 0.4) is 0 Å². The minimum absolute atomic E-state index is 0.0452. The summed E-state index contributed by atoms with van der Waals surface area (Å²) in [6.07, 6.45) is 0.307. The molecule has 5 heteroatoms. The van der Waals surface area contributed by atoms with Crippen molar-refractivity contribution in [2.75, 3.05) is 44.2 Å². The molecule has 2 aliphatic heterocycles. The monoisotopic (exact) mass is 289 g/mol. The number of nitrogens with zero attached hydrogens (tertiary/aromatic N) is 2. The lowest BCUT2D eigenvalue weighted by molar-refractivity contribution is 0.0765. The molecule has 0 saturated carbocycles. The number of likely N-dealkylation sites (tertiary alicyclic amines) is 1. The molecule has 2 fully saturated rings. The van der Waals surface area contributed by atoms with E-state index < -0.39 is 0 Å².